The molecular weight excluding hydrogens is 302 g/mol. The SMILES string of the molecule is CCCC[n+]1c2ccccc2n2c3ccc([N+](=O)[O-])cc3ccc21. The average molecular weight is 320 g/mol. The molecule has 120 valence electrons. The minimum absolute atomic E-state index is 0.122. The maximum Gasteiger partial charge on any atom is 0.287 e. The number of imidazole rings is 1. The van der Waals surface area contributed by atoms with Crippen molar-refractivity contribution < 1.29 is 9.49 Å². The Hall–Kier alpha value is -2.95. The van der Waals surface area contributed by atoms with Crippen LogP contribution >= 0.6 is 0 Å². The molecule has 0 fully saturated rings. The zero-order chi connectivity index (χ0) is 16.7. The Morgan fingerprint density at radius 2 is 1.92 bits per heavy atom. The van der Waals surface area contributed by atoms with E-state index in [1.807, 2.05) is 18.2 Å². The van der Waals surface area contributed by atoms with E-state index in [-0.39, 0.29) is 10.6 Å². The van der Waals surface area contributed by atoms with Crippen LogP contribution < -0.4 is 4.57 Å². The van der Waals surface area contributed by atoms with Gasteiger partial charge < -0.3 is 0 Å². The lowest BCUT2D eigenvalue weighted by atomic mass is 10.2. The fourth-order valence-corrected chi connectivity index (χ4v) is 3.37. The summed E-state index contributed by atoms with van der Waals surface area (Å²) in [6, 6.07) is 17.4. The van der Waals surface area contributed by atoms with Gasteiger partial charge in [0.1, 0.15) is 5.52 Å². The van der Waals surface area contributed by atoms with Gasteiger partial charge in [-0.15, -0.1) is 0 Å². The molecule has 0 saturated heterocycles. The molecule has 0 bridgehead atoms. The topological polar surface area (TPSA) is 51.4 Å². The smallest absolute Gasteiger partial charge is 0.258 e. The number of nitro groups is 1. The highest BCUT2D eigenvalue weighted by molar-refractivity contribution is 5.89. The molecule has 0 spiro atoms. The second kappa shape index (κ2) is 5.60. The van der Waals surface area contributed by atoms with Gasteiger partial charge in [-0.25, -0.2) is 4.57 Å². The van der Waals surface area contributed by atoms with Crippen LogP contribution in [0, 0.1) is 10.1 Å². The van der Waals surface area contributed by atoms with Gasteiger partial charge in [0.15, 0.2) is 11.0 Å². The van der Waals surface area contributed by atoms with E-state index in [0.29, 0.717) is 0 Å². The molecule has 0 amide bonds. The van der Waals surface area contributed by atoms with Crippen LogP contribution in [0.2, 0.25) is 0 Å². The van der Waals surface area contributed by atoms with Crippen LogP contribution in [-0.2, 0) is 6.54 Å². The van der Waals surface area contributed by atoms with Crippen LogP contribution in [0.5, 0.6) is 0 Å². The second-order valence-corrected chi connectivity index (χ2v) is 6.02. The molecule has 24 heavy (non-hydrogen) atoms. The molecule has 0 aliphatic carbocycles. The van der Waals surface area contributed by atoms with Gasteiger partial charge in [0.2, 0.25) is 0 Å². The number of pyridine rings is 1. The van der Waals surface area contributed by atoms with Crippen molar-refractivity contribution >= 4 is 33.3 Å². The lowest BCUT2D eigenvalue weighted by molar-refractivity contribution is -0.646. The number of hydrogen-bond acceptors (Lipinski definition) is 2. The summed E-state index contributed by atoms with van der Waals surface area (Å²) in [5.41, 5.74) is 4.55. The van der Waals surface area contributed by atoms with Gasteiger partial charge in [0, 0.05) is 23.6 Å². The molecule has 0 atom stereocenters. The highest BCUT2D eigenvalue weighted by Gasteiger charge is 2.21. The van der Waals surface area contributed by atoms with Gasteiger partial charge in [-0.3, -0.25) is 10.1 Å². The maximum atomic E-state index is 11.0. The Kier molecular flexibility index (Phi) is 3.41. The molecule has 0 unspecified atom stereocenters. The van der Waals surface area contributed by atoms with E-state index in [0.717, 1.165) is 41.5 Å². The molecule has 5 heteroatoms. The summed E-state index contributed by atoms with van der Waals surface area (Å²) in [5, 5.41) is 11.9. The first-order valence-corrected chi connectivity index (χ1v) is 8.21. The Labute approximate surface area is 138 Å². The van der Waals surface area contributed by atoms with E-state index in [1.54, 1.807) is 12.1 Å². The molecule has 2 heterocycles. The number of aryl methyl sites for hydroxylation is 1. The molecule has 4 aromatic rings. The Morgan fingerprint density at radius 3 is 2.71 bits per heavy atom. The standard InChI is InChI=1S/C19H18N3O2/c1-2-3-12-20-17-6-4-5-7-18(17)21-16-10-9-15(22(23)24)13-14(16)8-11-19(20)21/h4-11,13H,2-3,12H2,1H3/q+1. The molecule has 0 radical (unpaired) electrons. The number of benzene rings is 2. The van der Waals surface area contributed by atoms with Crippen molar-refractivity contribution in [3.8, 4) is 0 Å². The van der Waals surface area contributed by atoms with Crippen LogP contribution in [0.4, 0.5) is 5.69 Å². The number of nitrogens with zero attached hydrogens (tertiary/aromatic N) is 3. The number of unbranched alkanes of at least 4 members (excludes halogenated alkanes) is 1. The van der Waals surface area contributed by atoms with Crippen LogP contribution in [0.15, 0.2) is 54.6 Å². The minimum atomic E-state index is -0.348. The van der Waals surface area contributed by atoms with E-state index in [9.17, 15) is 10.1 Å². The average Bonchev–Trinajstić information content (AvgIpc) is 2.93. The molecule has 2 aromatic carbocycles. The van der Waals surface area contributed by atoms with Crippen molar-refractivity contribution in [1.29, 1.82) is 0 Å². The van der Waals surface area contributed by atoms with Gasteiger partial charge in [-0.1, -0.05) is 25.5 Å². The number of hydrogen-bond donors (Lipinski definition) is 0. The summed E-state index contributed by atoms with van der Waals surface area (Å²) in [6.45, 7) is 3.15. The van der Waals surface area contributed by atoms with E-state index in [2.05, 4.69) is 40.2 Å². The maximum absolute atomic E-state index is 11.0. The summed E-state index contributed by atoms with van der Waals surface area (Å²) in [6.07, 6.45) is 2.26. The first kappa shape index (κ1) is 14.6. The van der Waals surface area contributed by atoms with Crippen LogP contribution in [-0.4, -0.2) is 9.32 Å². The molecule has 2 aromatic heterocycles. The number of rotatable bonds is 4. The van der Waals surface area contributed by atoms with E-state index >= 15 is 0 Å². The Morgan fingerprint density at radius 1 is 1.08 bits per heavy atom. The monoisotopic (exact) mass is 320 g/mol. The number of nitro benzene ring substituents is 1. The van der Waals surface area contributed by atoms with Crippen LogP contribution in [0.1, 0.15) is 19.8 Å². The zero-order valence-electron chi connectivity index (χ0n) is 13.5. The quantitative estimate of drug-likeness (QED) is 0.321. The molecule has 0 aliphatic heterocycles. The van der Waals surface area contributed by atoms with Gasteiger partial charge in [0.05, 0.1) is 11.5 Å². The van der Waals surface area contributed by atoms with E-state index in [1.165, 1.54) is 5.52 Å². The normalized spacial score (nSPS) is 11.5. The van der Waals surface area contributed by atoms with Crippen LogP contribution in [0.3, 0.4) is 0 Å². The third kappa shape index (κ3) is 2.12. The van der Waals surface area contributed by atoms with E-state index < -0.39 is 0 Å². The third-order valence-corrected chi connectivity index (χ3v) is 4.53. The van der Waals surface area contributed by atoms with Crippen molar-refractivity contribution in [2.45, 2.75) is 26.3 Å². The van der Waals surface area contributed by atoms with Crippen molar-refractivity contribution in [2.24, 2.45) is 0 Å². The van der Waals surface area contributed by atoms with E-state index in [4.69, 9.17) is 0 Å². The molecule has 0 N–H and O–H groups in total. The van der Waals surface area contributed by atoms with Crippen molar-refractivity contribution in [1.82, 2.24) is 4.40 Å². The van der Waals surface area contributed by atoms with Crippen LogP contribution in [0.25, 0.3) is 27.6 Å². The number of non-ortho nitro benzene ring substituents is 1. The van der Waals surface area contributed by atoms with Gasteiger partial charge >= 0.3 is 0 Å². The van der Waals surface area contributed by atoms with Crippen molar-refractivity contribution in [3.05, 3.63) is 64.7 Å². The molecule has 0 saturated carbocycles. The zero-order valence-corrected chi connectivity index (χ0v) is 13.5. The third-order valence-electron chi connectivity index (χ3n) is 4.53. The fraction of sp³-hybridized carbons (Fsp3) is 0.211. The predicted octanol–water partition coefficient (Wildman–Crippen LogP) is 4.24. The molecule has 4 rings (SSSR count). The van der Waals surface area contributed by atoms with Gasteiger partial charge in [-0.05, 0) is 30.7 Å². The summed E-state index contributed by atoms with van der Waals surface area (Å²) in [4.78, 5) is 10.7. The minimum Gasteiger partial charge on any atom is -0.258 e. The molecular formula is C19H18N3O2+. The van der Waals surface area contributed by atoms with Gasteiger partial charge in [0.25, 0.3) is 11.3 Å². The second-order valence-electron chi connectivity index (χ2n) is 6.02. The largest absolute Gasteiger partial charge is 0.287 e. The Bertz CT molecular complexity index is 1080. The summed E-state index contributed by atoms with van der Waals surface area (Å²) in [5.74, 6) is 0. The van der Waals surface area contributed by atoms with Crippen molar-refractivity contribution in [3.63, 3.8) is 0 Å². The summed E-state index contributed by atoms with van der Waals surface area (Å²) < 4.78 is 4.53. The highest BCUT2D eigenvalue weighted by atomic mass is 16.6. The van der Waals surface area contributed by atoms with Crippen molar-refractivity contribution in [2.75, 3.05) is 0 Å². The number of para-hydroxylation sites is 2. The first-order valence-electron chi connectivity index (χ1n) is 8.21. The molecule has 5 nitrogen and oxygen atoms in total. The fourth-order valence-electron chi connectivity index (χ4n) is 3.37. The summed E-state index contributed by atoms with van der Waals surface area (Å²) in [7, 11) is 0. The lowest BCUT2D eigenvalue weighted by Gasteiger charge is -2.00. The van der Waals surface area contributed by atoms with Gasteiger partial charge in [-0.2, -0.15) is 4.40 Å². The highest BCUT2D eigenvalue weighted by Crippen LogP contribution is 2.25. The molecule has 0 aliphatic rings. The summed E-state index contributed by atoms with van der Waals surface area (Å²) >= 11 is 0. The first-order chi connectivity index (χ1) is 11.7. The predicted molar refractivity (Wildman–Crippen MR) is 94.2 cm³/mol. The Balaban J connectivity index is 2.10. The number of aromatic nitrogens is 2. The lowest BCUT2D eigenvalue weighted by Crippen LogP contribution is -2.33. The number of fused-ring (bicyclic) bond motifs is 5.